The van der Waals surface area contributed by atoms with Crippen molar-refractivity contribution in [2.45, 2.75) is 39.0 Å². The van der Waals surface area contributed by atoms with E-state index >= 15 is 0 Å². The average molecular weight is 257 g/mol. The largest absolute Gasteiger partial charge is 0.493 e. The van der Waals surface area contributed by atoms with E-state index in [1.165, 1.54) is 25.7 Å². The van der Waals surface area contributed by atoms with Gasteiger partial charge in [-0.05, 0) is 18.6 Å². The number of ether oxygens (including phenoxy) is 2. The topological polar surface area (TPSA) is 18.5 Å². The van der Waals surface area contributed by atoms with Crippen LogP contribution in [0.4, 0.5) is 0 Å². The minimum absolute atomic E-state index is 0.673. The van der Waals surface area contributed by atoms with Crippen molar-refractivity contribution < 1.29 is 9.47 Å². The predicted molar refractivity (Wildman–Crippen MR) is 72.3 cm³/mol. The molecule has 17 heavy (non-hydrogen) atoms. The molecule has 0 saturated heterocycles. The first-order chi connectivity index (χ1) is 8.27. The quantitative estimate of drug-likeness (QED) is 0.628. The molecule has 96 valence electrons. The van der Waals surface area contributed by atoms with Gasteiger partial charge in [-0.1, -0.05) is 44.2 Å². The van der Waals surface area contributed by atoms with Crippen LogP contribution >= 0.6 is 11.6 Å². The molecule has 0 amide bonds. The second kappa shape index (κ2) is 8.24. The molecule has 0 aliphatic heterocycles. The van der Waals surface area contributed by atoms with Crippen molar-refractivity contribution in [3.05, 3.63) is 23.2 Å². The van der Waals surface area contributed by atoms with E-state index in [2.05, 4.69) is 6.92 Å². The minimum Gasteiger partial charge on any atom is -0.493 e. The molecule has 0 spiro atoms. The standard InChI is InChI=1S/C14H21ClO2/c1-3-4-5-6-7-10-17-14-11-12(15)8-9-13(14)16-2/h8-9,11H,3-7,10H2,1-2H3. The number of rotatable bonds is 8. The van der Waals surface area contributed by atoms with Gasteiger partial charge >= 0.3 is 0 Å². The highest BCUT2D eigenvalue weighted by Crippen LogP contribution is 2.30. The van der Waals surface area contributed by atoms with Crippen LogP contribution in [0.2, 0.25) is 5.02 Å². The lowest BCUT2D eigenvalue weighted by Crippen LogP contribution is -1.99. The van der Waals surface area contributed by atoms with Crippen molar-refractivity contribution in [1.82, 2.24) is 0 Å². The van der Waals surface area contributed by atoms with Crippen LogP contribution in [0, 0.1) is 0 Å². The van der Waals surface area contributed by atoms with Gasteiger partial charge in [-0.2, -0.15) is 0 Å². The Balaban J connectivity index is 2.32. The van der Waals surface area contributed by atoms with Crippen molar-refractivity contribution in [2.24, 2.45) is 0 Å². The minimum atomic E-state index is 0.673. The fourth-order valence-corrected chi connectivity index (χ4v) is 1.81. The molecule has 0 aromatic heterocycles. The summed E-state index contributed by atoms with van der Waals surface area (Å²) >= 11 is 5.92. The van der Waals surface area contributed by atoms with Crippen molar-refractivity contribution in [2.75, 3.05) is 13.7 Å². The summed E-state index contributed by atoms with van der Waals surface area (Å²) in [5, 5.41) is 0.673. The SMILES string of the molecule is CCCCCCCOc1cc(Cl)ccc1OC. The normalized spacial score (nSPS) is 10.3. The molecular formula is C14H21ClO2. The number of benzene rings is 1. The lowest BCUT2D eigenvalue weighted by atomic mass is 10.2. The summed E-state index contributed by atoms with van der Waals surface area (Å²) < 4.78 is 10.9. The Bertz CT molecular complexity index is 326. The van der Waals surface area contributed by atoms with Gasteiger partial charge in [0.15, 0.2) is 11.5 Å². The first kappa shape index (κ1) is 14.2. The molecule has 1 rings (SSSR count). The first-order valence-electron chi connectivity index (χ1n) is 6.24. The molecule has 0 radical (unpaired) electrons. The lowest BCUT2D eigenvalue weighted by molar-refractivity contribution is 0.285. The monoisotopic (exact) mass is 256 g/mol. The maximum absolute atomic E-state index is 5.92. The summed E-state index contributed by atoms with van der Waals surface area (Å²) in [6, 6.07) is 5.43. The Morgan fingerprint density at radius 1 is 1.06 bits per heavy atom. The molecule has 0 N–H and O–H groups in total. The van der Waals surface area contributed by atoms with Gasteiger partial charge in [0.1, 0.15) is 0 Å². The molecular weight excluding hydrogens is 236 g/mol. The van der Waals surface area contributed by atoms with Gasteiger partial charge in [0.25, 0.3) is 0 Å². The summed E-state index contributed by atoms with van der Waals surface area (Å²) in [6.45, 7) is 2.94. The fourth-order valence-electron chi connectivity index (χ4n) is 1.65. The third kappa shape index (κ3) is 5.31. The molecule has 1 aromatic carbocycles. The molecule has 2 nitrogen and oxygen atoms in total. The van der Waals surface area contributed by atoms with Gasteiger partial charge in [0.2, 0.25) is 0 Å². The summed E-state index contributed by atoms with van der Waals surface area (Å²) in [6.07, 6.45) is 6.16. The van der Waals surface area contributed by atoms with Crippen LogP contribution in [0.25, 0.3) is 0 Å². The number of hydrogen-bond acceptors (Lipinski definition) is 2. The van der Waals surface area contributed by atoms with Crippen LogP contribution in [0.1, 0.15) is 39.0 Å². The van der Waals surface area contributed by atoms with Gasteiger partial charge in [0, 0.05) is 11.1 Å². The Labute approximate surface area is 109 Å². The van der Waals surface area contributed by atoms with Crippen LogP contribution in [0.15, 0.2) is 18.2 Å². The third-order valence-corrected chi connectivity index (χ3v) is 2.87. The van der Waals surface area contributed by atoms with Crippen molar-refractivity contribution in [3.8, 4) is 11.5 Å². The highest BCUT2D eigenvalue weighted by Gasteiger charge is 2.04. The zero-order chi connectivity index (χ0) is 12.5. The Hall–Kier alpha value is -0.890. The van der Waals surface area contributed by atoms with E-state index in [4.69, 9.17) is 21.1 Å². The van der Waals surface area contributed by atoms with E-state index < -0.39 is 0 Å². The summed E-state index contributed by atoms with van der Waals surface area (Å²) in [7, 11) is 1.64. The maximum Gasteiger partial charge on any atom is 0.162 e. The molecule has 3 heteroatoms. The van der Waals surface area contributed by atoms with E-state index in [1.54, 1.807) is 19.2 Å². The molecule has 0 heterocycles. The van der Waals surface area contributed by atoms with Gasteiger partial charge in [-0.3, -0.25) is 0 Å². The van der Waals surface area contributed by atoms with E-state index in [-0.39, 0.29) is 0 Å². The van der Waals surface area contributed by atoms with Crippen LogP contribution in [-0.2, 0) is 0 Å². The highest BCUT2D eigenvalue weighted by molar-refractivity contribution is 6.30. The van der Waals surface area contributed by atoms with Crippen molar-refractivity contribution >= 4 is 11.6 Å². The molecule has 0 bridgehead atoms. The zero-order valence-electron chi connectivity index (χ0n) is 10.7. The van der Waals surface area contributed by atoms with Crippen LogP contribution in [-0.4, -0.2) is 13.7 Å². The lowest BCUT2D eigenvalue weighted by Gasteiger charge is -2.10. The number of hydrogen-bond donors (Lipinski definition) is 0. The van der Waals surface area contributed by atoms with E-state index in [0.29, 0.717) is 5.02 Å². The molecule has 0 fully saturated rings. The average Bonchev–Trinajstić information content (AvgIpc) is 2.34. The second-order valence-corrected chi connectivity index (χ2v) is 4.49. The zero-order valence-corrected chi connectivity index (χ0v) is 11.4. The molecule has 0 aliphatic rings. The molecule has 0 atom stereocenters. The predicted octanol–water partition coefficient (Wildman–Crippen LogP) is 4.70. The van der Waals surface area contributed by atoms with Gasteiger partial charge in [-0.25, -0.2) is 0 Å². The van der Waals surface area contributed by atoms with Crippen LogP contribution < -0.4 is 9.47 Å². The van der Waals surface area contributed by atoms with Gasteiger partial charge in [-0.15, -0.1) is 0 Å². The van der Waals surface area contributed by atoms with Gasteiger partial charge < -0.3 is 9.47 Å². The second-order valence-electron chi connectivity index (χ2n) is 4.06. The summed E-state index contributed by atoms with van der Waals surface area (Å²) in [5.41, 5.74) is 0. The first-order valence-corrected chi connectivity index (χ1v) is 6.62. The fraction of sp³-hybridized carbons (Fsp3) is 0.571. The third-order valence-electron chi connectivity index (χ3n) is 2.63. The van der Waals surface area contributed by atoms with E-state index in [9.17, 15) is 0 Å². The van der Waals surface area contributed by atoms with E-state index in [0.717, 1.165) is 24.5 Å². The van der Waals surface area contributed by atoms with Gasteiger partial charge in [0.05, 0.1) is 13.7 Å². The van der Waals surface area contributed by atoms with Crippen LogP contribution in [0.3, 0.4) is 0 Å². The van der Waals surface area contributed by atoms with Crippen molar-refractivity contribution in [3.63, 3.8) is 0 Å². The van der Waals surface area contributed by atoms with Crippen molar-refractivity contribution in [1.29, 1.82) is 0 Å². The molecule has 0 aliphatic carbocycles. The number of unbranched alkanes of at least 4 members (excludes halogenated alkanes) is 4. The molecule has 0 saturated carbocycles. The maximum atomic E-state index is 5.92. The highest BCUT2D eigenvalue weighted by atomic mass is 35.5. The Morgan fingerprint density at radius 3 is 2.53 bits per heavy atom. The summed E-state index contributed by atoms with van der Waals surface area (Å²) in [5.74, 6) is 1.47. The Kier molecular flexibility index (Phi) is 6.87. The number of methoxy groups -OCH3 is 1. The number of halogens is 1. The van der Waals surface area contributed by atoms with Crippen LogP contribution in [0.5, 0.6) is 11.5 Å². The molecule has 0 unspecified atom stereocenters. The smallest absolute Gasteiger partial charge is 0.162 e. The van der Waals surface area contributed by atoms with E-state index in [1.807, 2.05) is 6.07 Å². The molecule has 1 aromatic rings. The Morgan fingerprint density at radius 2 is 1.82 bits per heavy atom. The summed E-state index contributed by atoms with van der Waals surface area (Å²) in [4.78, 5) is 0.